The quantitative estimate of drug-likeness (QED) is 0.805. The lowest BCUT2D eigenvalue weighted by Crippen LogP contribution is -2.31. The highest BCUT2D eigenvalue weighted by Gasteiger charge is 2.37. The van der Waals surface area contributed by atoms with E-state index in [2.05, 4.69) is 12.2 Å². The van der Waals surface area contributed by atoms with Crippen molar-refractivity contribution in [1.82, 2.24) is 0 Å². The lowest BCUT2D eigenvalue weighted by molar-refractivity contribution is 0.713. The van der Waals surface area contributed by atoms with E-state index < -0.39 is 0 Å². The van der Waals surface area contributed by atoms with Crippen LogP contribution in [0.15, 0.2) is 18.2 Å². The predicted molar refractivity (Wildman–Crippen MR) is 60.8 cm³/mol. The Morgan fingerprint density at radius 2 is 2.21 bits per heavy atom. The number of aryl methyl sites for hydroxylation is 1. The molecular weight excluding hydrogens is 196 g/mol. The van der Waals surface area contributed by atoms with E-state index in [1.807, 2.05) is 18.2 Å². The molecule has 1 fully saturated rings. The van der Waals surface area contributed by atoms with Crippen molar-refractivity contribution in [2.45, 2.75) is 25.3 Å². The Bertz CT molecular complexity index is 345. The van der Waals surface area contributed by atoms with Crippen LogP contribution in [0.3, 0.4) is 0 Å². The van der Waals surface area contributed by atoms with Gasteiger partial charge >= 0.3 is 0 Å². The van der Waals surface area contributed by atoms with E-state index >= 15 is 0 Å². The lowest BCUT2D eigenvalue weighted by Gasteiger charge is -2.13. The molecule has 3 heteroatoms. The third-order valence-electron chi connectivity index (χ3n) is 2.72. The van der Waals surface area contributed by atoms with Crippen LogP contribution in [0.5, 0.6) is 0 Å². The average molecular weight is 211 g/mol. The summed E-state index contributed by atoms with van der Waals surface area (Å²) >= 11 is 5.91. The highest BCUT2D eigenvalue weighted by atomic mass is 35.5. The molecule has 0 unspecified atom stereocenters. The second kappa shape index (κ2) is 3.44. The van der Waals surface area contributed by atoms with E-state index in [4.69, 9.17) is 17.3 Å². The van der Waals surface area contributed by atoms with Crippen molar-refractivity contribution in [3.8, 4) is 0 Å². The predicted octanol–water partition coefficient (Wildman–Crippen LogP) is 2.55. The van der Waals surface area contributed by atoms with Crippen LogP contribution in [-0.2, 0) is 0 Å². The van der Waals surface area contributed by atoms with E-state index in [1.54, 1.807) is 0 Å². The van der Waals surface area contributed by atoms with Crippen LogP contribution in [0.4, 0.5) is 5.69 Å². The summed E-state index contributed by atoms with van der Waals surface area (Å²) in [6.45, 7) is 2.91. The van der Waals surface area contributed by atoms with Crippen LogP contribution in [-0.4, -0.2) is 12.1 Å². The van der Waals surface area contributed by atoms with E-state index in [0.717, 1.165) is 30.1 Å². The SMILES string of the molecule is Cc1ccc(Cl)cc1NCC1(N)CC1. The Balaban J connectivity index is 2.04. The largest absolute Gasteiger partial charge is 0.383 e. The molecular formula is C11H15ClN2. The van der Waals surface area contributed by atoms with Crippen molar-refractivity contribution >= 4 is 17.3 Å². The number of nitrogens with two attached hydrogens (primary N) is 1. The molecule has 1 saturated carbocycles. The first kappa shape index (κ1) is 9.81. The molecule has 1 aromatic rings. The molecule has 0 aliphatic heterocycles. The molecule has 3 N–H and O–H groups in total. The fourth-order valence-corrected chi connectivity index (χ4v) is 1.57. The van der Waals surface area contributed by atoms with Crippen LogP contribution in [0.25, 0.3) is 0 Å². The Morgan fingerprint density at radius 3 is 2.86 bits per heavy atom. The number of hydrogen-bond donors (Lipinski definition) is 2. The van der Waals surface area contributed by atoms with Gasteiger partial charge in [-0.05, 0) is 37.5 Å². The normalized spacial score (nSPS) is 17.9. The molecule has 0 aromatic heterocycles. The molecule has 76 valence electrons. The molecule has 1 aromatic carbocycles. The van der Waals surface area contributed by atoms with Crippen molar-refractivity contribution in [2.24, 2.45) is 5.73 Å². The number of benzene rings is 1. The van der Waals surface area contributed by atoms with E-state index in [9.17, 15) is 0 Å². The molecule has 0 radical (unpaired) electrons. The maximum atomic E-state index is 5.99. The Hall–Kier alpha value is -0.730. The van der Waals surface area contributed by atoms with Crippen molar-refractivity contribution in [1.29, 1.82) is 0 Å². The fourth-order valence-electron chi connectivity index (χ4n) is 1.39. The monoisotopic (exact) mass is 210 g/mol. The highest BCUT2D eigenvalue weighted by molar-refractivity contribution is 6.30. The van der Waals surface area contributed by atoms with E-state index in [-0.39, 0.29) is 5.54 Å². The van der Waals surface area contributed by atoms with Gasteiger partial charge in [0.05, 0.1) is 0 Å². The van der Waals surface area contributed by atoms with Crippen LogP contribution in [0.1, 0.15) is 18.4 Å². The minimum atomic E-state index is 0.0365. The van der Waals surface area contributed by atoms with Gasteiger partial charge in [0.15, 0.2) is 0 Å². The summed E-state index contributed by atoms with van der Waals surface area (Å²) in [7, 11) is 0. The van der Waals surface area contributed by atoms with Crippen molar-refractivity contribution in [3.63, 3.8) is 0 Å². The molecule has 0 saturated heterocycles. The van der Waals surface area contributed by atoms with Gasteiger partial charge in [-0.2, -0.15) is 0 Å². The smallest absolute Gasteiger partial charge is 0.0426 e. The second-order valence-electron chi connectivity index (χ2n) is 4.18. The third-order valence-corrected chi connectivity index (χ3v) is 2.96. The number of rotatable bonds is 3. The first-order valence-corrected chi connectivity index (χ1v) is 5.26. The Kier molecular flexibility index (Phi) is 2.41. The topological polar surface area (TPSA) is 38.0 Å². The zero-order valence-corrected chi connectivity index (χ0v) is 9.06. The molecule has 0 heterocycles. The zero-order chi connectivity index (χ0) is 10.2. The van der Waals surface area contributed by atoms with E-state index in [1.165, 1.54) is 5.56 Å². The summed E-state index contributed by atoms with van der Waals surface area (Å²) < 4.78 is 0. The maximum absolute atomic E-state index is 5.99. The minimum Gasteiger partial charge on any atom is -0.383 e. The average Bonchev–Trinajstić information content (AvgIpc) is 2.87. The van der Waals surface area contributed by atoms with Crippen LogP contribution < -0.4 is 11.1 Å². The standard InChI is InChI=1S/C11H15ClN2/c1-8-2-3-9(12)6-10(8)14-7-11(13)4-5-11/h2-3,6,14H,4-5,7,13H2,1H3. The summed E-state index contributed by atoms with van der Waals surface area (Å²) in [6.07, 6.45) is 2.25. The highest BCUT2D eigenvalue weighted by Crippen LogP contribution is 2.32. The lowest BCUT2D eigenvalue weighted by atomic mass is 10.2. The van der Waals surface area contributed by atoms with Gasteiger partial charge < -0.3 is 11.1 Å². The maximum Gasteiger partial charge on any atom is 0.0426 e. The first-order chi connectivity index (χ1) is 6.59. The molecule has 0 bridgehead atoms. The van der Waals surface area contributed by atoms with Gasteiger partial charge in [-0.1, -0.05) is 17.7 Å². The summed E-state index contributed by atoms with van der Waals surface area (Å²) in [5, 5.41) is 4.11. The van der Waals surface area contributed by atoms with Gasteiger partial charge in [-0.15, -0.1) is 0 Å². The van der Waals surface area contributed by atoms with Gasteiger partial charge in [0.1, 0.15) is 0 Å². The summed E-state index contributed by atoms with van der Waals surface area (Å²) in [4.78, 5) is 0. The summed E-state index contributed by atoms with van der Waals surface area (Å²) in [5.74, 6) is 0. The van der Waals surface area contributed by atoms with Crippen LogP contribution >= 0.6 is 11.6 Å². The van der Waals surface area contributed by atoms with Crippen molar-refractivity contribution in [3.05, 3.63) is 28.8 Å². The molecule has 0 spiro atoms. The van der Waals surface area contributed by atoms with Gasteiger partial charge in [-0.3, -0.25) is 0 Å². The van der Waals surface area contributed by atoms with Gasteiger partial charge in [0.2, 0.25) is 0 Å². The van der Waals surface area contributed by atoms with Gasteiger partial charge in [0, 0.05) is 22.8 Å². The van der Waals surface area contributed by atoms with Crippen LogP contribution in [0, 0.1) is 6.92 Å². The third kappa shape index (κ3) is 2.20. The number of nitrogens with one attached hydrogen (secondary N) is 1. The van der Waals surface area contributed by atoms with Crippen LogP contribution in [0.2, 0.25) is 5.02 Å². The number of halogens is 1. The summed E-state index contributed by atoms with van der Waals surface area (Å²) in [5.41, 5.74) is 8.32. The van der Waals surface area contributed by atoms with Gasteiger partial charge in [-0.25, -0.2) is 0 Å². The second-order valence-corrected chi connectivity index (χ2v) is 4.61. The molecule has 14 heavy (non-hydrogen) atoms. The molecule has 1 aliphatic carbocycles. The summed E-state index contributed by atoms with van der Waals surface area (Å²) in [6, 6.07) is 5.86. The fraction of sp³-hybridized carbons (Fsp3) is 0.455. The molecule has 1 aliphatic rings. The van der Waals surface area contributed by atoms with Crippen molar-refractivity contribution in [2.75, 3.05) is 11.9 Å². The minimum absolute atomic E-state index is 0.0365. The molecule has 0 atom stereocenters. The molecule has 0 amide bonds. The number of anilines is 1. The Morgan fingerprint density at radius 1 is 1.50 bits per heavy atom. The van der Waals surface area contributed by atoms with E-state index in [0.29, 0.717) is 0 Å². The van der Waals surface area contributed by atoms with Crippen molar-refractivity contribution < 1.29 is 0 Å². The number of hydrogen-bond acceptors (Lipinski definition) is 2. The zero-order valence-electron chi connectivity index (χ0n) is 8.31. The molecule has 2 nitrogen and oxygen atoms in total. The first-order valence-electron chi connectivity index (χ1n) is 4.88. The van der Waals surface area contributed by atoms with Gasteiger partial charge in [0.25, 0.3) is 0 Å². The molecule has 2 rings (SSSR count). The Labute approximate surface area is 89.4 Å².